The molecule has 25 heavy (non-hydrogen) atoms. The Hall–Kier alpha value is -2.35. The van der Waals surface area contributed by atoms with Crippen molar-refractivity contribution in [2.75, 3.05) is 31.6 Å². The summed E-state index contributed by atoms with van der Waals surface area (Å²) >= 11 is 0. The Labute approximate surface area is 150 Å². The van der Waals surface area contributed by atoms with Gasteiger partial charge in [0.25, 0.3) is 0 Å². The van der Waals surface area contributed by atoms with Crippen molar-refractivity contribution in [2.24, 2.45) is 0 Å². The molecule has 0 aliphatic carbocycles. The van der Waals surface area contributed by atoms with Gasteiger partial charge in [0.1, 0.15) is 0 Å². The van der Waals surface area contributed by atoms with Crippen LogP contribution in [0.2, 0.25) is 0 Å². The van der Waals surface area contributed by atoms with Gasteiger partial charge in [-0.15, -0.1) is 0 Å². The quantitative estimate of drug-likeness (QED) is 0.579. The average molecular weight is 337 g/mol. The molecule has 0 saturated carbocycles. The lowest BCUT2D eigenvalue weighted by molar-refractivity contribution is 0.140. The van der Waals surface area contributed by atoms with Gasteiger partial charge in [0.05, 0.1) is 19.1 Å². The number of para-hydroxylation sites is 1. The summed E-state index contributed by atoms with van der Waals surface area (Å²) in [6, 6.07) is 20.6. The van der Waals surface area contributed by atoms with Crippen molar-refractivity contribution in [1.29, 1.82) is 5.26 Å². The van der Waals surface area contributed by atoms with Gasteiger partial charge in [-0.05, 0) is 42.6 Å². The van der Waals surface area contributed by atoms with Gasteiger partial charge in [-0.1, -0.05) is 42.5 Å². The zero-order chi connectivity index (χ0) is 17.6. The highest BCUT2D eigenvalue weighted by Gasteiger charge is 1.96. The summed E-state index contributed by atoms with van der Waals surface area (Å²) in [5, 5.41) is 15.5. The van der Waals surface area contributed by atoms with Crippen LogP contribution in [0.25, 0.3) is 0 Å². The Balaban J connectivity index is 1.43. The molecule has 0 saturated heterocycles. The van der Waals surface area contributed by atoms with E-state index in [0.717, 1.165) is 56.9 Å². The highest BCUT2D eigenvalue weighted by atomic mass is 16.5. The van der Waals surface area contributed by atoms with E-state index in [1.807, 2.05) is 30.3 Å². The first-order valence-corrected chi connectivity index (χ1v) is 8.90. The van der Waals surface area contributed by atoms with Gasteiger partial charge in [-0.2, -0.15) is 5.26 Å². The van der Waals surface area contributed by atoms with E-state index in [1.54, 1.807) is 0 Å². The molecule has 0 spiro atoms. The maximum absolute atomic E-state index is 8.74. The largest absolute Gasteiger partial charge is 0.383 e. The Morgan fingerprint density at radius 2 is 1.72 bits per heavy atom. The summed E-state index contributed by atoms with van der Waals surface area (Å²) < 4.78 is 5.64. The number of hydrogen-bond donors (Lipinski definition) is 2. The summed E-state index contributed by atoms with van der Waals surface area (Å²) in [5.74, 6) is 0. The SMILES string of the molecule is N#CCc1cccc(CNCCCCOCCNc2ccccc2)c1. The zero-order valence-electron chi connectivity index (χ0n) is 14.7. The second kappa shape index (κ2) is 12.1. The van der Waals surface area contributed by atoms with E-state index in [0.29, 0.717) is 6.42 Å². The molecule has 0 atom stereocenters. The van der Waals surface area contributed by atoms with Gasteiger partial charge in [0.15, 0.2) is 0 Å². The zero-order valence-corrected chi connectivity index (χ0v) is 14.7. The number of nitriles is 1. The minimum atomic E-state index is 0.476. The normalized spacial score (nSPS) is 10.4. The van der Waals surface area contributed by atoms with Gasteiger partial charge < -0.3 is 15.4 Å². The number of nitrogens with one attached hydrogen (secondary N) is 2. The third-order valence-electron chi connectivity index (χ3n) is 3.85. The molecular formula is C21H27N3O. The van der Waals surface area contributed by atoms with E-state index in [9.17, 15) is 0 Å². The topological polar surface area (TPSA) is 57.1 Å². The van der Waals surface area contributed by atoms with Gasteiger partial charge in [0, 0.05) is 25.4 Å². The molecule has 0 amide bonds. The van der Waals surface area contributed by atoms with E-state index >= 15 is 0 Å². The van der Waals surface area contributed by atoms with E-state index in [-0.39, 0.29) is 0 Å². The standard InChI is InChI=1S/C21H27N3O/c22-12-11-19-7-6-8-20(17-19)18-23-13-4-5-15-25-16-14-24-21-9-2-1-3-10-21/h1-3,6-10,17,23-24H,4-5,11,13-16,18H2. The number of nitrogens with zero attached hydrogens (tertiary/aromatic N) is 1. The summed E-state index contributed by atoms with van der Waals surface area (Å²) in [5.41, 5.74) is 3.45. The van der Waals surface area contributed by atoms with E-state index in [1.165, 1.54) is 5.56 Å². The van der Waals surface area contributed by atoms with Crippen molar-refractivity contribution in [3.8, 4) is 6.07 Å². The predicted molar refractivity (Wildman–Crippen MR) is 102 cm³/mol. The van der Waals surface area contributed by atoms with Crippen LogP contribution in [-0.2, 0) is 17.7 Å². The molecule has 4 heteroatoms. The minimum Gasteiger partial charge on any atom is -0.383 e. The predicted octanol–water partition coefficient (Wildman–Crippen LogP) is 3.75. The molecule has 0 radical (unpaired) electrons. The molecule has 0 heterocycles. The van der Waals surface area contributed by atoms with E-state index in [2.05, 4.69) is 41.0 Å². The van der Waals surface area contributed by atoms with Crippen molar-refractivity contribution in [2.45, 2.75) is 25.8 Å². The Bertz CT molecular complexity index is 637. The van der Waals surface area contributed by atoms with Crippen molar-refractivity contribution < 1.29 is 4.74 Å². The fraction of sp³-hybridized carbons (Fsp3) is 0.381. The third kappa shape index (κ3) is 8.35. The van der Waals surface area contributed by atoms with E-state index < -0.39 is 0 Å². The summed E-state index contributed by atoms with van der Waals surface area (Å²) in [7, 11) is 0. The molecule has 0 unspecified atom stereocenters. The molecule has 2 aromatic carbocycles. The van der Waals surface area contributed by atoms with Crippen LogP contribution in [-0.4, -0.2) is 26.3 Å². The molecule has 4 nitrogen and oxygen atoms in total. The van der Waals surface area contributed by atoms with Gasteiger partial charge >= 0.3 is 0 Å². The lowest BCUT2D eigenvalue weighted by atomic mass is 10.1. The molecule has 132 valence electrons. The van der Waals surface area contributed by atoms with Crippen LogP contribution in [0.15, 0.2) is 54.6 Å². The Morgan fingerprint density at radius 3 is 2.56 bits per heavy atom. The molecule has 0 aliphatic heterocycles. The number of benzene rings is 2. The average Bonchev–Trinajstić information content (AvgIpc) is 2.65. The van der Waals surface area contributed by atoms with Crippen molar-refractivity contribution in [1.82, 2.24) is 5.32 Å². The van der Waals surface area contributed by atoms with Crippen LogP contribution < -0.4 is 10.6 Å². The highest BCUT2D eigenvalue weighted by molar-refractivity contribution is 5.42. The second-order valence-corrected chi connectivity index (χ2v) is 5.94. The third-order valence-corrected chi connectivity index (χ3v) is 3.85. The highest BCUT2D eigenvalue weighted by Crippen LogP contribution is 2.06. The number of unbranched alkanes of at least 4 members (excludes halogenated alkanes) is 1. The molecule has 0 aromatic heterocycles. The molecule has 2 rings (SSSR count). The summed E-state index contributed by atoms with van der Waals surface area (Å²) in [6.45, 7) is 4.19. The Morgan fingerprint density at radius 1 is 0.880 bits per heavy atom. The number of ether oxygens (including phenoxy) is 1. The van der Waals surface area contributed by atoms with Crippen LogP contribution in [0.3, 0.4) is 0 Å². The van der Waals surface area contributed by atoms with Crippen LogP contribution in [0.5, 0.6) is 0 Å². The number of hydrogen-bond acceptors (Lipinski definition) is 4. The fourth-order valence-corrected chi connectivity index (χ4v) is 2.55. The maximum atomic E-state index is 8.74. The summed E-state index contributed by atoms with van der Waals surface area (Å²) in [6.07, 6.45) is 2.64. The minimum absolute atomic E-state index is 0.476. The number of anilines is 1. The first-order chi connectivity index (χ1) is 12.4. The first kappa shape index (κ1) is 19.0. The molecule has 0 bridgehead atoms. The summed E-state index contributed by atoms with van der Waals surface area (Å²) in [4.78, 5) is 0. The van der Waals surface area contributed by atoms with Crippen molar-refractivity contribution in [3.63, 3.8) is 0 Å². The second-order valence-electron chi connectivity index (χ2n) is 5.94. The van der Waals surface area contributed by atoms with Gasteiger partial charge in [-0.3, -0.25) is 0 Å². The lowest BCUT2D eigenvalue weighted by Gasteiger charge is -2.08. The molecule has 2 aromatic rings. The first-order valence-electron chi connectivity index (χ1n) is 8.90. The fourth-order valence-electron chi connectivity index (χ4n) is 2.55. The molecule has 0 aliphatic rings. The van der Waals surface area contributed by atoms with Gasteiger partial charge in [-0.25, -0.2) is 0 Å². The van der Waals surface area contributed by atoms with Gasteiger partial charge in [0.2, 0.25) is 0 Å². The molecular weight excluding hydrogens is 310 g/mol. The van der Waals surface area contributed by atoms with Crippen molar-refractivity contribution >= 4 is 5.69 Å². The molecule has 0 fully saturated rings. The number of rotatable bonds is 12. The monoisotopic (exact) mass is 337 g/mol. The van der Waals surface area contributed by atoms with Crippen LogP contribution in [0, 0.1) is 11.3 Å². The van der Waals surface area contributed by atoms with Crippen LogP contribution >= 0.6 is 0 Å². The van der Waals surface area contributed by atoms with Crippen LogP contribution in [0.4, 0.5) is 5.69 Å². The van der Waals surface area contributed by atoms with Crippen molar-refractivity contribution in [3.05, 3.63) is 65.7 Å². The lowest BCUT2D eigenvalue weighted by Crippen LogP contribution is -2.16. The maximum Gasteiger partial charge on any atom is 0.0669 e. The van der Waals surface area contributed by atoms with Crippen LogP contribution in [0.1, 0.15) is 24.0 Å². The Kier molecular flexibility index (Phi) is 9.17. The van der Waals surface area contributed by atoms with E-state index in [4.69, 9.17) is 10.00 Å². The molecule has 2 N–H and O–H groups in total. The smallest absolute Gasteiger partial charge is 0.0669 e.